The maximum absolute atomic E-state index is 12.6. The number of hydrogen-bond donors (Lipinski definition) is 2. The van der Waals surface area contributed by atoms with Crippen molar-refractivity contribution in [1.29, 1.82) is 0 Å². The van der Waals surface area contributed by atoms with E-state index in [1.807, 2.05) is 48.5 Å². The van der Waals surface area contributed by atoms with E-state index in [-0.39, 0.29) is 18.3 Å². The fourth-order valence-corrected chi connectivity index (χ4v) is 3.85. The molecule has 0 aromatic heterocycles. The van der Waals surface area contributed by atoms with Gasteiger partial charge in [0, 0.05) is 28.6 Å². The minimum atomic E-state index is -0.0121. The van der Waals surface area contributed by atoms with Gasteiger partial charge in [-0.05, 0) is 42.7 Å². The number of nitrogens with zero attached hydrogens (tertiary/aromatic N) is 1. The Morgan fingerprint density at radius 3 is 2.88 bits per heavy atom. The molecule has 6 heteroatoms. The number of fused-ring (bicyclic) bond motifs is 1. The van der Waals surface area contributed by atoms with Gasteiger partial charge in [0.05, 0.1) is 12.2 Å². The standard InChI is InChI=1S/C20H23N3OS.ClH/c1-2-13-25-19-11-4-3-9-17(19)22-20(24)14-23-12-6-7-15-16(21)8-5-10-18(15)23;/h2-5,8-11H,1,6-7,12-14,21H2,(H,22,24);1H. The van der Waals surface area contributed by atoms with E-state index in [1.54, 1.807) is 11.8 Å². The number of nitrogen functional groups attached to an aromatic ring is 1. The van der Waals surface area contributed by atoms with Gasteiger partial charge in [0.15, 0.2) is 0 Å². The molecule has 2 aromatic rings. The lowest BCUT2D eigenvalue weighted by Crippen LogP contribution is -2.37. The highest BCUT2D eigenvalue weighted by Gasteiger charge is 2.20. The fourth-order valence-electron chi connectivity index (χ4n) is 3.10. The molecule has 0 saturated carbocycles. The molecule has 26 heavy (non-hydrogen) atoms. The normalized spacial score (nSPS) is 12.7. The van der Waals surface area contributed by atoms with Crippen molar-refractivity contribution in [2.45, 2.75) is 17.7 Å². The van der Waals surface area contributed by atoms with Crippen molar-refractivity contribution in [3.05, 3.63) is 60.7 Å². The second-order valence-electron chi connectivity index (χ2n) is 6.01. The third kappa shape index (κ3) is 4.74. The first-order valence-corrected chi connectivity index (χ1v) is 9.42. The highest BCUT2D eigenvalue weighted by Crippen LogP contribution is 2.31. The van der Waals surface area contributed by atoms with Gasteiger partial charge in [-0.1, -0.05) is 24.3 Å². The quantitative estimate of drug-likeness (QED) is 0.438. The third-order valence-corrected chi connectivity index (χ3v) is 5.30. The molecule has 1 heterocycles. The van der Waals surface area contributed by atoms with Crippen LogP contribution in [0.5, 0.6) is 0 Å². The van der Waals surface area contributed by atoms with Crippen molar-refractivity contribution in [2.24, 2.45) is 0 Å². The summed E-state index contributed by atoms with van der Waals surface area (Å²) in [6.45, 7) is 4.95. The van der Waals surface area contributed by atoms with Crippen LogP contribution in [0.25, 0.3) is 0 Å². The largest absolute Gasteiger partial charge is 0.398 e. The molecule has 2 aromatic carbocycles. The van der Waals surface area contributed by atoms with Gasteiger partial charge in [0.1, 0.15) is 0 Å². The number of halogens is 1. The zero-order valence-electron chi connectivity index (χ0n) is 14.6. The van der Waals surface area contributed by atoms with Crippen LogP contribution in [0.15, 0.2) is 60.0 Å². The Kier molecular flexibility index (Phi) is 7.42. The van der Waals surface area contributed by atoms with Gasteiger partial charge in [0.2, 0.25) is 5.91 Å². The number of para-hydroxylation sites is 1. The molecule has 0 bridgehead atoms. The summed E-state index contributed by atoms with van der Waals surface area (Å²) in [7, 11) is 0. The van der Waals surface area contributed by atoms with Gasteiger partial charge in [0.25, 0.3) is 0 Å². The summed E-state index contributed by atoms with van der Waals surface area (Å²) >= 11 is 1.66. The first kappa shape index (κ1) is 20.2. The van der Waals surface area contributed by atoms with E-state index in [1.165, 1.54) is 0 Å². The summed E-state index contributed by atoms with van der Waals surface area (Å²) in [6, 6.07) is 13.8. The van der Waals surface area contributed by atoms with Crippen molar-refractivity contribution in [3.8, 4) is 0 Å². The number of anilines is 3. The van der Waals surface area contributed by atoms with E-state index in [9.17, 15) is 4.79 Å². The summed E-state index contributed by atoms with van der Waals surface area (Å²) in [5, 5.41) is 3.05. The summed E-state index contributed by atoms with van der Waals surface area (Å²) in [5.41, 5.74) is 9.99. The lowest BCUT2D eigenvalue weighted by atomic mass is 10.00. The van der Waals surface area contributed by atoms with Gasteiger partial charge >= 0.3 is 0 Å². The third-order valence-electron chi connectivity index (χ3n) is 4.24. The van der Waals surface area contributed by atoms with Crippen LogP contribution in [0, 0.1) is 0 Å². The van der Waals surface area contributed by atoms with E-state index in [2.05, 4.69) is 16.8 Å². The molecule has 0 radical (unpaired) electrons. The number of benzene rings is 2. The van der Waals surface area contributed by atoms with Crippen LogP contribution < -0.4 is 16.0 Å². The molecule has 1 amide bonds. The van der Waals surface area contributed by atoms with Crippen molar-refractivity contribution in [3.63, 3.8) is 0 Å². The number of rotatable bonds is 6. The predicted octanol–water partition coefficient (Wildman–Crippen LogP) is 4.36. The summed E-state index contributed by atoms with van der Waals surface area (Å²) in [5.74, 6) is 0.799. The van der Waals surface area contributed by atoms with E-state index in [0.717, 1.165) is 52.7 Å². The first-order valence-electron chi connectivity index (χ1n) is 8.44. The molecule has 0 atom stereocenters. The van der Waals surface area contributed by atoms with E-state index >= 15 is 0 Å². The number of thioether (sulfide) groups is 1. The van der Waals surface area contributed by atoms with Crippen LogP contribution in [0.1, 0.15) is 12.0 Å². The van der Waals surface area contributed by atoms with E-state index in [0.29, 0.717) is 6.54 Å². The van der Waals surface area contributed by atoms with Gasteiger partial charge in [-0.3, -0.25) is 4.79 Å². The Morgan fingerprint density at radius 1 is 1.27 bits per heavy atom. The Morgan fingerprint density at radius 2 is 2.08 bits per heavy atom. The lowest BCUT2D eigenvalue weighted by molar-refractivity contribution is -0.115. The van der Waals surface area contributed by atoms with Crippen molar-refractivity contribution < 1.29 is 4.79 Å². The Bertz CT molecular complexity index is 781. The van der Waals surface area contributed by atoms with Crippen molar-refractivity contribution in [1.82, 2.24) is 0 Å². The van der Waals surface area contributed by atoms with Crippen LogP contribution in [-0.4, -0.2) is 24.7 Å². The van der Waals surface area contributed by atoms with Crippen LogP contribution in [0.3, 0.4) is 0 Å². The monoisotopic (exact) mass is 389 g/mol. The minimum absolute atomic E-state index is 0. The Hall–Kier alpha value is -2.11. The van der Waals surface area contributed by atoms with Crippen LogP contribution in [-0.2, 0) is 11.2 Å². The number of nitrogens with two attached hydrogens (primary N) is 1. The van der Waals surface area contributed by atoms with Gasteiger partial charge in [-0.15, -0.1) is 30.7 Å². The molecular formula is C20H24ClN3OS. The highest BCUT2D eigenvalue weighted by atomic mass is 35.5. The molecule has 0 saturated heterocycles. The van der Waals surface area contributed by atoms with Gasteiger partial charge < -0.3 is 16.0 Å². The van der Waals surface area contributed by atoms with E-state index in [4.69, 9.17) is 5.73 Å². The first-order chi connectivity index (χ1) is 12.2. The maximum Gasteiger partial charge on any atom is 0.243 e. The minimum Gasteiger partial charge on any atom is -0.398 e. The Balaban J connectivity index is 0.00000243. The highest BCUT2D eigenvalue weighted by molar-refractivity contribution is 7.99. The predicted molar refractivity (Wildman–Crippen MR) is 115 cm³/mol. The number of nitrogens with one attached hydrogen (secondary N) is 1. The summed E-state index contributed by atoms with van der Waals surface area (Å²) in [6.07, 6.45) is 3.85. The molecule has 0 spiro atoms. The van der Waals surface area contributed by atoms with Crippen molar-refractivity contribution in [2.75, 3.05) is 34.8 Å². The maximum atomic E-state index is 12.6. The number of carbonyl (C=O) groups is 1. The second-order valence-corrected chi connectivity index (χ2v) is 7.08. The zero-order chi connectivity index (χ0) is 17.6. The zero-order valence-corrected chi connectivity index (χ0v) is 16.2. The van der Waals surface area contributed by atoms with Crippen molar-refractivity contribution >= 4 is 47.1 Å². The van der Waals surface area contributed by atoms with Crippen LogP contribution in [0.2, 0.25) is 0 Å². The Labute approximate surface area is 165 Å². The molecule has 3 rings (SSSR count). The molecule has 4 nitrogen and oxygen atoms in total. The molecule has 1 aliphatic heterocycles. The topological polar surface area (TPSA) is 58.4 Å². The molecule has 138 valence electrons. The van der Waals surface area contributed by atoms with Crippen LogP contribution >= 0.6 is 24.2 Å². The number of carbonyl (C=O) groups excluding carboxylic acids is 1. The average molecular weight is 390 g/mol. The van der Waals surface area contributed by atoms with Gasteiger partial charge in [-0.25, -0.2) is 0 Å². The SMILES string of the molecule is C=CCSc1ccccc1NC(=O)CN1CCCc2c(N)cccc21.Cl. The lowest BCUT2D eigenvalue weighted by Gasteiger charge is -2.31. The molecule has 0 aliphatic carbocycles. The molecule has 0 fully saturated rings. The molecule has 0 unspecified atom stereocenters. The van der Waals surface area contributed by atoms with Crippen LogP contribution in [0.4, 0.5) is 17.1 Å². The summed E-state index contributed by atoms with van der Waals surface area (Å²) < 4.78 is 0. The number of amides is 1. The van der Waals surface area contributed by atoms with E-state index < -0.39 is 0 Å². The van der Waals surface area contributed by atoms with Gasteiger partial charge in [-0.2, -0.15) is 0 Å². The second kappa shape index (κ2) is 9.55. The fraction of sp³-hybridized carbons (Fsp3) is 0.250. The molecule has 1 aliphatic rings. The number of hydrogen-bond acceptors (Lipinski definition) is 4. The average Bonchev–Trinajstić information content (AvgIpc) is 2.62. The molecular weight excluding hydrogens is 366 g/mol. The summed E-state index contributed by atoms with van der Waals surface area (Å²) in [4.78, 5) is 15.8. The molecule has 3 N–H and O–H groups in total. The smallest absolute Gasteiger partial charge is 0.243 e.